The molecule has 0 aliphatic carbocycles. The van der Waals surface area contributed by atoms with Gasteiger partial charge in [0, 0.05) is 74.2 Å². The number of nitrogens with zero attached hydrogens (tertiary/aromatic N) is 6. The van der Waals surface area contributed by atoms with E-state index >= 15 is 0 Å². The molecule has 1 fully saturated rings. The van der Waals surface area contributed by atoms with Crippen LogP contribution in [-0.2, 0) is 14.6 Å². The van der Waals surface area contributed by atoms with Gasteiger partial charge < -0.3 is 26.2 Å². The van der Waals surface area contributed by atoms with Gasteiger partial charge in [0.1, 0.15) is 5.82 Å². The lowest BCUT2D eigenvalue weighted by molar-refractivity contribution is -0.112. The number of rotatable bonds is 11. The molecule has 3 aromatic carbocycles. The van der Waals surface area contributed by atoms with Crippen LogP contribution in [0.25, 0.3) is 34.2 Å². The molecule has 14 heteroatoms. The number of carbonyl (C=O) groups excluding carboxylic acids is 1. The fraction of sp³-hybridized carbons (Fsp3) is 0.204. The number of pyridine rings is 2. The van der Waals surface area contributed by atoms with Crippen LogP contribution in [0, 0.1) is 5.82 Å². The summed E-state index contributed by atoms with van der Waals surface area (Å²) in [6.45, 7) is 9.00. The summed E-state index contributed by atoms with van der Waals surface area (Å²) in [6, 6.07) is 28.2. The minimum atomic E-state index is -3.23. The van der Waals surface area contributed by atoms with Crippen molar-refractivity contribution in [1.29, 1.82) is 0 Å². The molecule has 0 saturated carbocycles. The molecule has 0 bridgehead atoms. The average Bonchev–Trinajstić information content (AvgIpc) is 3.98. The highest BCUT2D eigenvalue weighted by Gasteiger charge is 2.18. The van der Waals surface area contributed by atoms with Gasteiger partial charge >= 0.3 is 0 Å². The number of aromatic nitrogens is 4. The van der Waals surface area contributed by atoms with Crippen molar-refractivity contribution in [2.24, 2.45) is 5.73 Å². The monoisotopic (exact) mass is 867 g/mol. The first-order chi connectivity index (χ1) is 30.4. The molecule has 7 aromatic rings. The summed E-state index contributed by atoms with van der Waals surface area (Å²) in [5, 5.41) is 6.62. The lowest BCUT2D eigenvalue weighted by Gasteiger charge is -2.34. The van der Waals surface area contributed by atoms with Crippen molar-refractivity contribution in [3.8, 4) is 11.3 Å². The smallest absolute Gasteiger partial charge is 0.175 e. The normalized spacial score (nSPS) is 13.5. The van der Waals surface area contributed by atoms with Gasteiger partial charge in [-0.25, -0.2) is 22.8 Å². The Kier molecular flexibility index (Phi) is 15.1. The number of ketones is 1. The van der Waals surface area contributed by atoms with Crippen molar-refractivity contribution in [2.75, 3.05) is 62.1 Å². The van der Waals surface area contributed by atoms with Crippen molar-refractivity contribution in [3.63, 3.8) is 0 Å². The Balaban J connectivity index is 0.000000205. The summed E-state index contributed by atoms with van der Waals surface area (Å²) >= 11 is 0. The molecule has 1 aliphatic heterocycles. The summed E-state index contributed by atoms with van der Waals surface area (Å²) in [6.07, 6.45) is 17.9. The third-order valence-corrected chi connectivity index (χ3v) is 11.4. The van der Waals surface area contributed by atoms with Crippen LogP contribution in [0.15, 0.2) is 145 Å². The average molecular weight is 868 g/mol. The molecule has 8 rings (SSSR count). The highest BCUT2D eigenvalue weighted by atomic mass is 32.2. The maximum Gasteiger partial charge on any atom is 0.175 e. The van der Waals surface area contributed by atoms with E-state index in [1.54, 1.807) is 48.8 Å². The van der Waals surface area contributed by atoms with Gasteiger partial charge in [0.05, 0.1) is 33.3 Å². The molecule has 326 valence electrons. The van der Waals surface area contributed by atoms with E-state index in [4.69, 9.17) is 0 Å². The van der Waals surface area contributed by atoms with Crippen LogP contribution in [0.5, 0.6) is 0 Å². The lowest BCUT2D eigenvalue weighted by Crippen LogP contribution is -2.44. The zero-order valence-electron chi connectivity index (χ0n) is 36.5. The number of allylic oxidation sites excluding steroid dienone is 5. The molecule has 1 aliphatic rings. The molecule has 4 N–H and O–H groups in total. The van der Waals surface area contributed by atoms with Gasteiger partial charge in [-0.05, 0) is 119 Å². The molecule has 0 spiro atoms. The van der Waals surface area contributed by atoms with E-state index in [1.165, 1.54) is 25.8 Å². The number of nitrogens with two attached hydrogens (primary N) is 1. The van der Waals surface area contributed by atoms with Crippen molar-refractivity contribution >= 4 is 67.0 Å². The standard InChI is InChI=1S/C27H28FN5.C21H21N3O3S.CH5N/c1-3-4-20-5-7-21(8-6-20)25-12-10-24(27-29-13-14-33(25)27)30-22-9-11-26(23(28)19-22)32-17-15-31(2)16-18-32;1-4-5-16(14-15(2)25)20-11-10-19(21-22-12-13-24(20)21)23-17-6-8-18(9-7-17)28(3,26)27;1-2/h3-14,19,30H,15-18H2,1-2H3;4-14,23H,1-3H3;2H2,1H3/b4-3+;5-4-,16-14+;. The fourth-order valence-electron chi connectivity index (χ4n) is 7.24. The first-order valence-corrected chi connectivity index (χ1v) is 22.5. The summed E-state index contributed by atoms with van der Waals surface area (Å²) in [7, 11) is 0.365. The van der Waals surface area contributed by atoms with Crippen molar-refractivity contribution < 1.29 is 17.6 Å². The van der Waals surface area contributed by atoms with Gasteiger partial charge in [-0.1, -0.05) is 48.6 Å². The van der Waals surface area contributed by atoms with Crippen molar-refractivity contribution in [1.82, 2.24) is 23.7 Å². The first kappa shape index (κ1) is 45.7. The molecule has 0 radical (unpaired) electrons. The van der Waals surface area contributed by atoms with E-state index in [1.807, 2.05) is 79.2 Å². The molecule has 0 atom stereocenters. The number of piperazine rings is 1. The first-order valence-electron chi connectivity index (χ1n) is 20.6. The molecular weight excluding hydrogens is 814 g/mol. The fourth-order valence-corrected chi connectivity index (χ4v) is 7.87. The zero-order chi connectivity index (χ0) is 45.1. The van der Waals surface area contributed by atoms with Crippen LogP contribution in [-0.4, -0.2) is 84.4 Å². The minimum Gasteiger partial charge on any atom is -0.367 e. The van der Waals surface area contributed by atoms with E-state index < -0.39 is 9.84 Å². The second kappa shape index (κ2) is 20.8. The second-order valence-corrected chi connectivity index (χ2v) is 16.9. The van der Waals surface area contributed by atoms with Crippen LogP contribution >= 0.6 is 0 Å². The van der Waals surface area contributed by atoms with Crippen LogP contribution in [0.2, 0.25) is 0 Å². The van der Waals surface area contributed by atoms with E-state index in [-0.39, 0.29) is 16.5 Å². The van der Waals surface area contributed by atoms with Crippen LogP contribution in [0.3, 0.4) is 0 Å². The Morgan fingerprint density at radius 2 is 1.37 bits per heavy atom. The van der Waals surface area contributed by atoms with E-state index in [0.29, 0.717) is 17.0 Å². The number of hydrogen-bond acceptors (Lipinski definition) is 10. The highest BCUT2D eigenvalue weighted by molar-refractivity contribution is 7.90. The largest absolute Gasteiger partial charge is 0.367 e. The van der Waals surface area contributed by atoms with Gasteiger partial charge in [0.15, 0.2) is 26.9 Å². The van der Waals surface area contributed by atoms with E-state index in [9.17, 15) is 17.6 Å². The number of halogens is 1. The predicted molar refractivity (Wildman–Crippen MR) is 256 cm³/mol. The molecule has 0 unspecified atom stereocenters. The quantitative estimate of drug-likeness (QED) is 0.0851. The molecule has 63 heavy (non-hydrogen) atoms. The second-order valence-electron chi connectivity index (χ2n) is 14.8. The van der Waals surface area contributed by atoms with Crippen LogP contribution < -0.4 is 21.3 Å². The Morgan fingerprint density at radius 3 is 1.97 bits per heavy atom. The van der Waals surface area contributed by atoms with Gasteiger partial charge in [-0.2, -0.15) is 0 Å². The summed E-state index contributed by atoms with van der Waals surface area (Å²) in [4.78, 5) is 25.2. The topological polar surface area (TPSA) is 142 Å². The zero-order valence-corrected chi connectivity index (χ0v) is 37.3. The number of benzene rings is 3. The van der Waals surface area contributed by atoms with E-state index in [0.717, 1.165) is 71.4 Å². The number of nitrogens with one attached hydrogen (secondary N) is 2. The molecular formula is C49H54FN9O3S. The molecule has 0 amide bonds. The summed E-state index contributed by atoms with van der Waals surface area (Å²) in [5.41, 5.74) is 14.7. The molecule has 4 aromatic heterocycles. The Morgan fingerprint density at radius 1 is 0.762 bits per heavy atom. The number of carbonyl (C=O) groups is 1. The number of hydrogen-bond donors (Lipinski definition) is 3. The third-order valence-electron chi connectivity index (χ3n) is 10.3. The summed E-state index contributed by atoms with van der Waals surface area (Å²) < 4.78 is 42.1. The number of imidazole rings is 2. The predicted octanol–water partition coefficient (Wildman–Crippen LogP) is 9.27. The SMILES string of the molecule is C/C=C/c1ccc(-c2ccc(Nc3ccc(N4CCN(C)CC4)c(F)c3)c3nccn23)cc1.C/C=C\C(=C/C(C)=O)c1ccc(Nc2ccc(S(C)(=O)=O)cc2)c2nccn12.CN. The number of fused-ring (bicyclic) bond motifs is 2. The number of likely N-dealkylation sites (N-methyl/N-ethyl adjacent to an activating group) is 1. The number of sulfone groups is 1. The maximum atomic E-state index is 14.9. The van der Waals surface area contributed by atoms with Gasteiger partial charge in [0.25, 0.3) is 0 Å². The lowest BCUT2D eigenvalue weighted by atomic mass is 10.1. The Hall–Kier alpha value is -6.87. The minimum absolute atomic E-state index is 0.0328. The number of anilines is 5. The van der Waals surface area contributed by atoms with Crippen LogP contribution in [0.1, 0.15) is 32.0 Å². The molecule has 5 heterocycles. The molecule has 12 nitrogen and oxygen atoms in total. The van der Waals surface area contributed by atoms with E-state index in [2.05, 4.69) is 84.0 Å². The summed E-state index contributed by atoms with van der Waals surface area (Å²) in [5.74, 6) is -0.240. The third kappa shape index (κ3) is 11.2. The van der Waals surface area contributed by atoms with Crippen molar-refractivity contribution in [3.05, 3.63) is 157 Å². The highest BCUT2D eigenvalue weighted by Crippen LogP contribution is 2.31. The van der Waals surface area contributed by atoms with Crippen molar-refractivity contribution in [2.45, 2.75) is 25.7 Å². The van der Waals surface area contributed by atoms with Gasteiger partial charge in [-0.15, -0.1) is 0 Å². The Bertz CT molecular complexity index is 2870. The molecule has 1 saturated heterocycles. The van der Waals surface area contributed by atoms with Crippen LogP contribution in [0.4, 0.5) is 32.8 Å². The Labute approximate surface area is 368 Å². The van der Waals surface area contributed by atoms with Gasteiger partial charge in [0.2, 0.25) is 0 Å². The van der Waals surface area contributed by atoms with Gasteiger partial charge in [-0.3, -0.25) is 13.6 Å². The maximum absolute atomic E-state index is 14.9.